The van der Waals surface area contributed by atoms with Gasteiger partial charge < -0.3 is 16.2 Å². The van der Waals surface area contributed by atoms with Gasteiger partial charge in [-0.3, -0.25) is 9.59 Å². The molecule has 0 aromatic heterocycles. The van der Waals surface area contributed by atoms with E-state index in [0.29, 0.717) is 11.6 Å². The van der Waals surface area contributed by atoms with Crippen LogP contribution in [0.3, 0.4) is 0 Å². The Morgan fingerprint density at radius 1 is 1.33 bits per heavy atom. The molecule has 4 N–H and O–H groups in total. The highest BCUT2D eigenvalue weighted by Gasteiger charge is 2.14. The third-order valence-electron chi connectivity index (χ3n) is 2.39. The minimum absolute atomic E-state index is 0.116. The normalized spacial score (nSPS) is 11.9. The highest BCUT2D eigenvalue weighted by molar-refractivity contribution is 6.30. The van der Waals surface area contributed by atoms with Gasteiger partial charge in [0.05, 0.1) is 6.04 Å². The Bertz CT molecular complexity index is 420. The maximum atomic E-state index is 11.5. The maximum absolute atomic E-state index is 11.5. The molecule has 5 nitrogen and oxygen atoms in total. The molecule has 98 valence electrons. The maximum Gasteiger partial charge on any atom is 0.303 e. The van der Waals surface area contributed by atoms with Gasteiger partial charge in [0.2, 0.25) is 5.91 Å². The quantitative estimate of drug-likeness (QED) is 0.723. The number of nitrogens with one attached hydrogen (secondary N) is 1. The van der Waals surface area contributed by atoms with Crippen LogP contribution in [0.15, 0.2) is 24.3 Å². The fourth-order valence-electron chi connectivity index (χ4n) is 1.33. The molecule has 0 saturated heterocycles. The van der Waals surface area contributed by atoms with Crippen molar-refractivity contribution in [3.05, 3.63) is 34.9 Å². The standard InChI is InChI=1S/C12H15ClN2O3/c13-9-3-1-8(2-4-9)7-15-12(18)10(14)5-6-11(16)17/h1-4,10H,5-7,14H2,(H,15,18)(H,16,17). The number of hydrogen-bond acceptors (Lipinski definition) is 3. The molecule has 0 fully saturated rings. The molecule has 0 heterocycles. The highest BCUT2D eigenvalue weighted by atomic mass is 35.5. The lowest BCUT2D eigenvalue weighted by atomic mass is 10.1. The van der Waals surface area contributed by atoms with Crippen molar-refractivity contribution in [2.45, 2.75) is 25.4 Å². The predicted octanol–water partition coefficient (Wildman–Crippen LogP) is 1.15. The summed E-state index contributed by atoms with van der Waals surface area (Å²) < 4.78 is 0. The first-order valence-corrected chi connectivity index (χ1v) is 5.86. The molecule has 6 heteroatoms. The number of benzene rings is 1. The van der Waals surface area contributed by atoms with Gasteiger partial charge >= 0.3 is 5.97 Å². The number of halogens is 1. The number of carbonyl (C=O) groups excluding carboxylic acids is 1. The van der Waals surface area contributed by atoms with E-state index >= 15 is 0 Å². The van der Waals surface area contributed by atoms with E-state index in [2.05, 4.69) is 5.32 Å². The number of aliphatic carboxylic acids is 1. The molecule has 1 atom stereocenters. The molecule has 0 aliphatic heterocycles. The molecular formula is C12H15ClN2O3. The minimum atomic E-state index is -0.962. The van der Waals surface area contributed by atoms with Crippen LogP contribution in [0, 0.1) is 0 Å². The summed E-state index contributed by atoms with van der Waals surface area (Å²) in [4.78, 5) is 21.9. The first-order chi connectivity index (χ1) is 8.49. The smallest absolute Gasteiger partial charge is 0.303 e. The van der Waals surface area contributed by atoms with Crippen molar-refractivity contribution in [1.82, 2.24) is 5.32 Å². The number of amides is 1. The Labute approximate surface area is 110 Å². The monoisotopic (exact) mass is 270 g/mol. The second-order valence-corrected chi connectivity index (χ2v) is 4.32. The fraction of sp³-hybridized carbons (Fsp3) is 0.333. The van der Waals surface area contributed by atoms with Gasteiger partial charge in [-0.2, -0.15) is 0 Å². The van der Waals surface area contributed by atoms with E-state index in [1.54, 1.807) is 24.3 Å². The summed E-state index contributed by atoms with van der Waals surface area (Å²) in [5.41, 5.74) is 6.46. The van der Waals surface area contributed by atoms with Gasteiger partial charge in [0.1, 0.15) is 0 Å². The number of nitrogens with two attached hydrogens (primary N) is 1. The highest BCUT2D eigenvalue weighted by Crippen LogP contribution is 2.09. The Kier molecular flexibility index (Phi) is 5.61. The van der Waals surface area contributed by atoms with Crippen LogP contribution in [0.5, 0.6) is 0 Å². The van der Waals surface area contributed by atoms with E-state index in [-0.39, 0.29) is 18.7 Å². The van der Waals surface area contributed by atoms with Crippen LogP contribution in [0.4, 0.5) is 0 Å². The lowest BCUT2D eigenvalue weighted by molar-refractivity contribution is -0.137. The molecule has 0 radical (unpaired) electrons. The van der Waals surface area contributed by atoms with Crippen molar-refractivity contribution in [1.29, 1.82) is 0 Å². The first-order valence-electron chi connectivity index (χ1n) is 5.48. The van der Waals surface area contributed by atoms with Crippen LogP contribution in [0.2, 0.25) is 5.02 Å². The van der Waals surface area contributed by atoms with E-state index < -0.39 is 12.0 Å². The predicted molar refractivity (Wildman–Crippen MR) is 68.1 cm³/mol. The van der Waals surface area contributed by atoms with Crippen molar-refractivity contribution < 1.29 is 14.7 Å². The summed E-state index contributed by atoms with van der Waals surface area (Å²) in [6.45, 7) is 0.344. The van der Waals surface area contributed by atoms with Crippen LogP contribution in [-0.4, -0.2) is 23.0 Å². The molecule has 0 aliphatic rings. The lowest BCUT2D eigenvalue weighted by Gasteiger charge is -2.11. The third kappa shape index (κ3) is 5.16. The largest absolute Gasteiger partial charge is 0.481 e. The van der Waals surface area contributed by atoms with Crippen LogP contribution < -0.4 is 11.1 Å². The van der Waals surface area contributed by atoms with E-state index in [4.69, 9.17) is 22.4 Å². The Morgan fingerprint density at radius 3 is 2.50 bits per heavy atom. The molecule has 1 aromatic carbocycles. The molecular weight excluding hydrogens is 256 g/mol. The van der Waals surface area contributed by atoms with Gasteiger partial charge in [-0.1, -0.05) is 23.7 Å². The van der Waals surface area contributed by atoms with Crippen LogP contribution in [0.1, 0.15) is 18.4 Å². The summed E-state index contributed by atoms with van der Waals surface area (Å²) in [5, 5.41) is 11.7. The lowest BCUT2D eigenvalue weighted by Crippen LogP contribution is -2.40. The van der Waals surface area contributed by atoms with Gasteiger partial charge in [-0.15, -0.1) is 0 Å². The van der Waals surface area contributed by atoms with Gasteiger partial charge in [-0.25, -0.2) is 0 Å². The van der Waals surface area contributed by atoms with Crippen molar-refractivity contribution in [2.24, 2.45) is 5.73 Å². The molecule has 18 heavy (non-hydrogen) atoms. The average molecular weight is 271 g/mol. The first kappa shape index (κ1) is 14.5. The van der Waals surface area contributed by atoms with Crippen molar-refractivity contribution >= 4 is 23.5 Å². The Hall–Kier alpha value is -1.59. The molecule has 0 spiro atoms. The number of carboxylic acid groups (broad SMARTS) is 1. The van der Waals surface area contributed by atoms with Crippen molar-refractivity contribution in [3.63, 3.8) is 0 Å². The topological polar surface area (TPSA) is 92.4 Å². The summed E-state index contributed by atoms with van der Waals surface area (Å²) in [6, 6.07) is 6.26. The van der Waals surface area contributed by atoms with Gasteiger partial charge in [0.25, 0.3) is 0 Å². The number of rotatable bonds is 6. The van der Waals surface area contributed by atoms with E-state index in [1.165, 1.54) is 0 Å². The van der Waals surface area contributed by atoms with Crippen LogP contribution >= 0.6 is 11.6 Å². The Balaban J connectivity index is 2.36. The number of carboxylic acids is 1. The molecule has 1 unspecified atom stereocenters. The van der Waals surface area contributed by atoms with E-state index in [9.17, 15) is 9.59 Å². The molecule has 1 amide bonds. The number of hydrogen-bond donors (Lipinski definition) is 3. The summed E-state index contributed by atoms with van der Waals surface area (Å²) >= 11 is 5.73. The fourth-order valence-corrected chi connectivity index (χ4v) is 1.46. The third-order valence-corrected chi connectivity index (χ3v) is 2.64. The molecule has 0 aliphatic carbocycles. The second-order valence-electron chi connectivity index (χ2n) is 3.88. The van der Waals surface area contributed by atoms with E-state index in [1.807, 2.05) is 0 Å². The second kappa shape index (κ2) is 6.98. The number of carbonyl (C=O) groups is 2. The molecule has 1 aromatic rings. The van der Waals surface area contributed by atoms with E-state index in [0.717, 1.165) is 5.56 Å². The zero-order valence-corrected chi connectivity index (χ0v) is 10.5. The molecule has 1 rings (SSSR count). The molecule has 0 bridgehead atoms. The zero-order valence-electron chi connectivity index (χ0n) is 9.73. The summed E-state index contributed by atoms with van der Waals surface area (Å²) in [7, 11) is 0. The summed E-state index contributed by atoms with van der Waals surface area (Å²) in [6.07, 6.45) is 0.0112. The van der Waals surface area contributed by atoms with Crippen molar-refractivity contribution in [2.75, 3.05) is 0 Å². The van der Waals surface area contributed by atoms with Crippen LogP contribution in [0.25, 0.3) is 0 Å². The van der Waals surface area contributed by atoms with Gasteiger partial charge in [-0.05, 0) is 24.1 Å². The van der Waals surface area contributed by atoms with Crippen LogP contribution in [-0.2, 0) is 16.1 Å². The van der Waals surface area contributed by atoms with Crippen molar-refractivity contribution in [3.8, 4) is 0 Å². The SMILES string of the molecule is NC(CCC(=O)O)C(=O)NCc1ccc(Cl)cc1. The zero-order chi connectivity index (χ0) is 13.5. The molecule has 0 saturated carbocycles. The Morgan fingerprint density at radius 2 is 1.94 bits per heavy atom. The van der Waals surface area contributed by atoms with Gasteiger partial charge in [0.15, 0.2) is 0 Å². The summed E-state index contributed by atoms with van der Waals surface area (Å²) in [5.74, 6) is -1.32. The average Bonchev–Trinajstić information content (AvgIpc) is 2.34. The minimum Gasteiger partial charge on any atom is -0.481 e. The van der Waals surface area contributed by atoms with Gasteiger partial charge in [0, 0.05) is 18.0 Å².